The van der Waals surface area contributed by atoms with E-state index in [-0.39, 0.29) is 11.7 Å². The van der Waals surface area contributed by atoms with Crippen molar-refractivity contribution < 1.29 is 9.53 Å². The first-order valence-electron chi connectivity index (χ1n) is 7.66. The van der Waals surface area contributed by atoms with Gasteiger partial charge in [0.15, 0.2) is 5.78 Å². The third-order valence-electron chi connectivity index (χ3n) is 3.79. The van der Waals surface area contributed by atoms with E-state index in [1.165, 1.54) is 32.4 Å². The number of hydrogen-bond donors (Lipinski definition) is 0. The first-order valence-corrected chi connectivity index (χ1v) is 7.66. The minimum Gasteiger partial charge on any atom is -0.492 e. The van der Waals surface area contributed by atoms with Gasteiger partial charge >= 0.3 is 0 Å². The second-order valence-corrected chi connectivity index (χ2v) is 5.79. The molecular weight excluding hydrogens is 250 g/mol. The molecule has 0 radical (unpaired) electrons. The van der Waals surface area contributed by atoms with Gasteiger partial charge in [-0.05, 0) is 50.2 Å². The molecule has 1 aromatic rings. The van der Waals surface area contributed by atoms with Crippen LogP contribution in [-0.4, -0.2) is 36.9 Å². The lowest BCUT2D eigenvalue weighted by molar-refractivity contribution is 0.0939. The topological polar surface area (TPSA) is 29.5 Å². The van der Waals surface area contributed by atoms with E-state index in [0.717, 1.165) is 24.5 Å². The zero-order valence-electron chi connectivity index (χ0n) is 12.6. The molecule has 0 atom stereocenters. The van der Waals surface area contributed by atoms with Crippen LogP contribution in [0.15, 0.2) is 24.3 Å². The van der Waals surface area contributed by atoms with E-state index in [9.17, 15) is 4.79 Å². The normalized spacial score (nSPS) is 16.4. The van der Waals surface area contributed by atoms with Crippen LogP contribution < -0.4 is 4.74 Å². The molecule has 0 saturated carbocycles. The van der Waals surface area contributed by atoms with Crippen molar-refractivity contribution in [2.45, 2.75) is 33.1 Å². The van der Waals surface area contributed by atoms with Crippen LogP contribution in [0, 0.1) is 5.92 Å². The largest absolute Gasteiger partial charge is 0.492 e. The van der Waals surface area contributed by atoms with E-state index in [4.69, 9.17) is 4.74 Å². The number of hydrogen-bond acceptors (Lipinski definition) is 3. The van der Waals surface area contributed by atoms with Gasteiger partial charge in [-0.25, -0.2) is 0 Å². The summed E-state index contributed by atoms with van der Waals surface area (Å²) in [5.74, 6) is 1.08. The van der Waals surface area contributed by atoms with E-state index < -0.39 is 0 Å². The number of Topliss-reactive ketones (excluding diaryl/α,β-unsaturated/α-hetero) is 1. The third-order valence-corrected chi connectivity index (χ3v) is 3.79. The molecule has 3 nitrogen and oxygen atoms in total. The Bertz CT molecular complexity index is 419. The molecule has 0 aliphatic carbocycles. The molecule has 2 rings (SSSR count). The van der Waals surface area contributed by atoms with Gasteiger partial charge in [-0.1, -0.05) is 20.3 Å². The van der Waals surface area contributed by atoms with Crippen molar-refractivity contribution in [3.8, 4) is 5.75 Å². The molecule has 3 heteroatoms. The zero-order valence-corrected chi connectivity index (χ0v) is 12.6. The molecule has 1 aliphatic heterocycles. The molecule has 20 heavy (non-hydrogen) atoms. The summed E-state index contributed by atoms with van der Waals surface area (Å²) in [4.78, 5) is 14.3. The lowest BCUT2D eigenvalue weighted by Crippen LogP contribution is -2.33. The van der Waals surface area contributed by atoms with Gasteiger partial charge in [0.25, 0.3) is 0 Å². The van der Waals surface area contributed by atoms with Crippen LogP contribution in [0.2, 0.25) is 0 Å². The average Bonchev–Trinajstić information content (AvgIpc) is 2.48. The van der Waals surface area contributed by atoms with E-state index >= 15 is 0 Å². The maximum atomic E-state index is 11.8. The van der Waals surface area contributed by atoms with Crippen molar-refractivity contribution in [3.63, 3.8) is 0 Å². The fourth-order valence-electron chi connectivity index (χ4n) is 2.52. The summed E-state index contributed by atoms with van der Waals surface area (Å²) in [6.07, 6.45) is 3.99. The van der Waals surface area contributed by atoms with Crippen LogP contribution in [0.5, 0.6) is 5.75 Å². The van der Waals surface area contributed by atoms with E-state index in [0.29, 0.717) is 0 Å². The Morgan fingerprint density at radius 3 is 2.40 bits per heavy atom. The molecule has 0 unspecified atom stereocenters. The maximum Gasteiger partial charge on any atom is 0.165 e. The Morgan fingerprint density at radius 1 is 1.15 bits per heavy atom. The second kappa shape index (κ2) is 7.44. The summed E-state index contributed by atoms with van der Waals surface area (Å²) in [7, 11) is 0. The van der Waals surface area contributed by atoms with E-state index in [1.54, 1.807) is 0 Å². The quantitative estimate of drug-likeness (QED) is 0.745. The molecule has 1 heterocycles. The van der Waals surface area contributed by atoms with Crippen LogP contribution in [0.3, 0.4) is 0 Å². The van der Waals surface area contributed by atoms with Crippen LogP contribution in [0.4, 0.5) is 0 Å². The predicted octanol–water partition coefficient (Wildman–Crippen LogP) is 3.39. The fourth-order valence-corrected chi connectivity index (χ4v) is 2.52. The lowest BCUT2D eigenvalue weighted by Gasteiger charge is -2.26. The Kier molecular flexibility index (Phi) is 5.60. The SMILES string of the molecule is CC(C)C(=O)c1ccc(OCCN2CCCCC2)cc1. The molecular formula is C17H25NO2. The number of ketones is 1. The molecule has 0 bridgehead atoms. The standard InChI is InChI=1S/C17H25NO2/c1-14(2)17(19)15-6-8-16(9-7-15)20-13-12-18-10-4-3-5-11-18/h6-9,14H,3-5,10-13H2,1-2H3. The summed E-state index contributed by atoms with van der Waals surface area (Å²) < 4.78 is 5.75. The molecule has 1 aromatic carbocycles. The summed E-state index contributed by atoms with van der Waals surface area (Å²) in [6.45, 7) is 7.96. The minimum atomic E-state index is 0.0425. The molecule has 0 amide bonds. The van der Waals surface area contributed by atoms with E-state index in [2.05, 4.69) is 4.90 Å². The first kappa shape index (κ1) is 15.0. The number of likely N-dealkylation sites (tertiary alicyclic amines) is 1. The van der Waals surface area contributed by atoms with Gasteiger partial charge in [0.1, 0.15) is 12.4 Å². The number of ether oxygens (including phenoxy) is 1. The number of nitrogens with zero attached hydrogens (tertiary/aromatic N) is 1. The summed E-state index contributed by atoms with van der Waals surface area (Å²) in [5.41, 5.74) is 0.767. The molecule has 1 aliphatic rings. The van der Waals surface area contributed by atoms with Gasteiger partial charge < -0.3 is 4.74 Å². The highest BCUT2D eigenvalue weighted by Crippen LogP contribution is 2.15. The Balaban J connectivity index is 1.77. The van der Waals surface area contributed by atoms with Crippen LogP contribution in [0.1, 0.15) is 43.5 Å². The van der Waals surface area contributed by atoms with Crippen molar-refractivity contribution in [3.05, 3.63) is 29.8 Å². The highest BCUT2D eigenvalue weighted by molar-refractivity contribution is 5.97. The average molecular weight is 275 g/mol. The van der Waals surface area contributed by atoms with Gasteiger partial charge in [0.2, 0.25) is 0 Å². The Hall–Kier alpha value is -1.35. The molecule has 0 spiro atoms. The third kappa shape index (κ3) is 4.34. The van der Waals surface area contributed by atoms with Crippen LogP contribution >= 0.6 is 0 Å². The highest BCUT2D eigenvalue weighted by atomic mass is 16.5. The van der Waals surface area contributed by atoms with Gasteiger partial charge in [-0.15, -0.1) is 0 Å². The zero-order chi connectivity index (χ0) is 14.4. The van der Waals surface area contributed by atoms with Gasteiger partial charge in [0.05, 0.1) is 0 Å². The summed E-state index contributed by atoms with van der Waals surface area (Å²) in [5, 5.41) is 0. The fraction of sp³-hybridized carbons (Fsp3) is 0.588. The predicted molar refractivity (Wildman–Crippen MR) is 81.4 cm³/mol. The van der Waals surface area contributed by atoms with Crippen molar-refractivity contribution in [2.24, 2.45) is 5.92 Å². The van der Waals surface area contributed by atoms with Crippen molar-refractivity contribution in [1.82, 2.24) is 4.90 Å². The lowest BCUT2D eigenvalue weighted by atomic mass is 10.0. The Morgan fingerprint density at radius 2 is 1.80 bits per heavy atom. The van der Waals surface area contributed by atoms with Gasteiger partial charge in [0, 0.05) is 18.0 Å². The van der Waals surface area contributed by atoms with Crippen molar-refractivity contribution in [2.75, 3.05) is 26.2 Å². The number of carbonyl (C=O) groups is 1. The maximum absolute atomic E-state index is 11.8. The number of carbonyl (C=O) groups excluding carboxylic acids is 1. The molecule has 0 N–H and O–H groups in total. The molecule has 0 aromatic heterocycles. The van der Waals surface area contributed by atoms with Crippen molar-refractivity contribution in [1.29, 1.82) is 0 Å². The van der Waals surface area contributed by atoms with Crippen LogP contribution in [0.25, 0.3) is 0 Å². The van der Waals surface area contributed by atoms with E-state index in [1.807, 2.05) is 38.1 Å². The molecule has 1 fully saturated rings. The second-order valence-electron chi connectivity index (χ2n) is 5.79. The smallest absolute Gasteiger partial charge is 0.165 e. The number of piperidine rings is 1. The number of rotatable bonds is 6. The monoisotopic (exact) mass is 275 g/mol. The molecule has 110 valence electrons. The Labute approximate surface area is 121 Å². The van der Waals surface area contributed by atoms with Gasteiger partial charge in [-0.3, -0.25) is 9.69 Å². The molecule has 1 saturated heterocycles. The summed E-state index contributed by atoms with van der Waals surface area (Å²) in [6, 6.07) is 7.51. The minimum absolute atomic E-state index is 0.0425. The summed E-state index contributed by atoms with van der Waals surface area (Å²) >= 11 is 0. The highest BCUT2D eigenvalue weighted by Gasteiger charge is 2.11. The van der Waals surface area contributed by atoms with Crippen molar-refractivity contribution >= 4 is 5.78 Å². The van der Waals surface area contributed by atoms with Crippen LogP contribution in [-0.2, 0) is 0 Å². The van der Waals surface area contributed by atoms with Gasteiger partial charge in [-0.2, -0.15) is 0 Å². The first-order chi connectivity index (χ1) is 9.66. The number of benzene rings is 1.